The lowest BCUT2D eigenvalue weighted by Gasteiger charge is -2.28. The van der Waals surface area contributed by atoms with Gasteiger partial charge in [-0.3, -0.25) is 0 Å². The van der Waals surface area contributed by atoms with Gasteiger partial charge in [0.05, 0.1) is 13.2 Å². The summed E-state index contributed by atoms with van der Waals surface area (Å²) >= 11 is 0. The van der Waals surface area contributed by atoms with Gasteiger partial charge in [0.25, 0.3) is 0 Å². The normalized spacial score (nSPS) is 21.9. The number of benzene rings is 1. The number of hydrogen-bond acceptors (Lipinski definition) is 3. The van der Waals surface area contributed by atoms with Crippen LogP contribution in [0.4, 0.5) is 4.79 Å². The van der Waals surface area contributed by atoms with Crippen LogP contribution in [0.1, 0.15) is 13.3 Å². The van der Waals surface area contributed by atoms with Crippen LogP contribution in [0, 0.1) is 5.41 Å². The van der Waals surface area contributed by atoms with Gasteiger partial charge in [0.15, 0.2) is 0 Å². The molecule has 1 aliphatic rings. The smallest absolute Gasteiger partial charge is 0.407 e. The molecule has 0 saturated carbocycles. The SMILES string of the molecule is CCOC[C@]1(COc2ccccc2)CCN(C(=O)O)C1. The van der Waals surface area contributed by atoms with Gasteiger partial charge in [0, 0.05) is 25.1 Å². The van der Waals surface area contributed by atoms with E-state index in [1.54, 1.807) is 0 Å². The Morgan fingerprint density at radius 1 is 1.35 bits per heavy atom. The lowest BCUT2D eigenvalue weighted by Crippen LogP contribution is -2.38. The standard InChI is InChI=1S/C15H21NO4/c1-2-19-11-15(8-9-16(10-15)14(17)18)12-20-13-6-4-3-5-7-13/h3-7H,2,8-12H2,1H3,(H,17,18)/t15-/m0/s1. The molecule has 1 aliphatic heterocycles. The molecule has 0 bridgehead atoms. The molecule has 1 heterocycles. The van der Waals surface area contributed by atoms with E-state index in [4.69, 9.17) is 14.6 Å². The molecule has 0 radical (unpaired) electrons. The Hall–Kier alpha value is -1.75. The summed E-state index contributed by atoms with van der Waals surface area (Å²) < 4.78 is 11.4. The number of likely N-dealkylation sites (tertiary alicyclic amines) is 1. The largest absolute Gasteiger partial charge is 0.493 e. The predicted octanol–water partition coefficient (Wildman–Crippen LogP) is 2.47. The minimum Gasteiger partial charge on any atom is -0.493 e. The number of carbonyl (C=O) groups is 1. The van der Waals surface area contributed by atoms with E-state index in [1.165, 1.54) is 4.90 Å². The second-order valence-corrected chi connectivity index (χ2v) is 5.19. The van der Waals surface area contributed by atoms with Crippen molar-refractivity contribution in [1.82, 2.24) is 4.90 Å². The fourth-order valence-corrected chi connectivity index (χ4v) is 2.45. The van der Waals surface area contributed by atoms with Gasteiger partial charge >= 0.3 is 6.09 Å². The molecule has 0 unspecified atom stereocenters. The first kappa shape index (κ1) is 14.7. The van der Waals surface area contributed by atoms with Gasteiger partial charge in [-0.2, -0.15) is 0 Å². The van der Waals surface area contributed by atoms with Crippen LogP contribution in [0.5, 0.6) is 5.75 Å². The maximum absolute atomic E-state index is 11.1. The fraction of sp³-hybridized carbons (Fsp3) is 0.533. The average Bonchev–Trinajstić information content (AvgIpc) is 2.89. The van der Waals surface area contributed by atoms with E-state index in [-0.39, 0.29) is 5.41 Å². The molecule has 1 saturated heterocycles. The predicted molar refractivity (Wildman–Crippen MR) is 75.1 cm³/mol. The van der Waals surface area contributed by atoms with Crippen LogP contribution in [0.3, 0.4) is 0 Å². The first-order valence-electron chi connectivity index (χ1n) is 6.89. The first-order valence-corrected chi connectivity index (χ1v) is 6.89. The van der Waals surface area contributed by atoms with Crippen molar-refractivity contribution in [3.63, 3.8) is 0 Å². The van der Waals surface area contributed by atoms with Crippen LogP contribution in [0.15, 0.2) is 30.3 Å². The quantitative estimate of drug-likeness (QED) is 0.869. The molecule has 20 heavy (non-hydrogen) atoms. The van der Waals surface area contributed by atoms with Gasteiger partial charge in [0.1, 0.15) is 5.75 Å². The summed E-state index contributed by atoms with van der Waals surface area (Å²) in [4.78, 5) is 12.5. The number of rotatable bonds is 6. The number of hydrogen-bond donors (Lipinski definition) is 1. The van der Waals surface area contributed by atoms with Crippen LogP contribution >= 0.6 is 0 Å². The molecule has 0 spiro atoms. The number of para-hydroxylation sites is 1. The molecular weight excluding hydrogens is 258 g/mol. The minimum absolute atomic E-state index is 0.246. The van der Waals surface area contributed by atoms with Gasteiger partial charge in [-0.1, -0.05) is 18.2 Å². The van der Waals surface area contributed by atoms with Crippen molar-refractivity contribution in [2.24, 2.45) is 5.41 Å². The molecule has 0 aliphatic carbocycles. The van der Waals surface area contributed by atoms with E-state index in [1.807, 2.05) is 37.3 Å². The Morgan fingerprint density at radius 3 is 2.70 bits per heavy atom. The highest BCUT2D eigenvalue weighted by Gasteiger charge is 2.41. The molecule has 1 atom stereocenters. The van der Waals surface area contributed by atoms with E-state index in [2.05, 4.69) is 0 Å². The molecule has 5 heteroatoms. The Balaban J connectivity index is 1.99. The van der Waals surface area contributed by atoms with Gasteiger partial charge in [-0.15, -0.1) is 0 Å². The molecule has 1 fully saturated rings. The Labute approximate surface area is 119 Å². The molecule has 1 amide bonds. The summed E-state index contributed by atoms with van der Waals surface area (Å²) in [7, 11) is 0. The fourth-order valence-electron chi connectivity index (χ4n) is 2.45. The highest BCUT2D eigenvalue weighted by atomic mass is 16.5. The summed E-state index contributed by atoms with van der Waals surface area (Å²) in [6, 6.07) is 9.58. The van der Waals surface area contributed by atoms with E-state index in [0.29, 0.717) is 32.9 Å². The van der Waals surface area contributed by atoms with E-state index in [9.17, 15) is 4.79 Å². The first-order chi connectivity index (χ1) is 9.65. The lowest BCUT2D eigenvalue weighted by molar-refractivity contribution is 0.0244. The summed E-state index contributed by atoms with van der Waals surface area (Å²) in [6.45, 7) is 4.58. The van der Waals surface area contributed by atoms with Gasteiger partial charge in [0.2, 0.25) is 0 Å². The molecular formula is C15H21NO4. The summed E-state index contributed by atoms with van der Waals surface area (Å²) in [5, 5.41) is 9.10. The summed E-state index contributed by atoms with van der Waals surface area (Å²) in [6.07, 6.45) is -0.102. The highest BCUT2D eigenvalue weighted by molar-refractivity contribution is 5.65. The zero-order valence-electron chi connectivity index (χ0n) is 11.7. The van der Waals surface area contributed by atoms with Gasteiger partial charge in [-0.05, 0) is 25.5 Å². The molecule has 110 valence electrons. The number of nitrogens with zero attached hydrogens (tertiary/aromatic N) is 1. The Kier molecular flexibility index (Phi) is 4.84. The molecule has 1 N–H and O–H groups in total. The van der Waals surface area contributed by atoms with Crippen LogP contribution < -0.4 is 4.74 Å². The van der Waals surface area contributed by atoms with E-state index < -0.39 is 6.09 Å². The summed E-state index contributed by atoms with van der Waals surface area (Å²) in [5.74, 6) is 0.803. The molecule has 5 nitrogen and oxygen atoms in total. The second kappa shape index (κ2) is 6.61. The number of carboxylic acid groups (broad SMARTS) is 1. The van der Waals surface area contributed by atoms with E-state index in [0.717, 1.165) is 12.2 Å². The second-order valence-electron chi connectivity index (χ2n) is 5.19. The highest BCUT2D eigenvalue weighted by Crippen LogP contribution is 2.32. The van der Waals surface area contributed by atoms with Crippen LogP contribution in [0.2, 0.25) is 0 Å². The molecule has 2 rings (SSSR count). The van der Waals surface area contributed by atoms with Crippen molar-refractivity contribution >= 4 is 6.09 Å². The summed E-state index contributed by atoms with van der Waals surface area (Å²) in [5.41, 5.74) is -0.246. The third-order valence-electron chi connectivity index (χ3n) is 3.61. The third kappa shape index (κ3) is 3.63. The molecule has 1 aromatic rings. The lowest BCUT2D eigenvalue weighted by atomic mass is 9.89. The van der Waals surface area contributed by atoms with Gasteiger partial charge in [-0.25, -0.2) is 4.79 Å². The Bertz CT molecular complexity index is 437. The average molecular weight is 279 g/mol. The van der Waals surface area contributed by atoms with E-state index >= 15 is 0 Å². The van der Waals surface area contributed by atoms with Crippen molar-refractivity contribution < 1.29 is 19.4 Å². The molecule has 1 aromatic carbocycles. The number of amides is 1. The van der Waals surface area contributed by atoms with Crippen LogP contribution in [-0.4, -0.2) is 49.0 Å². The zero-order chi connectivity index (χ0) is 14.4. The van der Waals surface area contributed by atoms with Gasteiger partial charge < -0.3 is 19.5 Å². The topological polar surface area (TPSA) is 59.0 Å². The monoisotopic (exact) mass is 279 g/mol. The van der Waals surface area contributed by atoms with Crippen molar-refractivity contribution in [3.8, 4) is 5.75 Å². The maximum Gasteiger partial charge on any atom is 0.407 e. The Morgan fingerprint density at radius 2 is 2.10 bits per heavy atom. The third-order valence-corrected chi connectivity index (χ3v) is 3.61. The zero-order valence-corrected chi connectivity index (χ0v) is 11.7. The van der Waals surface area contributed by atoms with Crippen molar-refractivity contribution in [3.05, 3.63) is 30.3 Å². The molecule has 0 aromatic heterocycles. The van der Waals surface area contributed by atoms with Crippen molar-refractivity contribution in [2.75, 3.05) is 32.9 Å². The maximum atomic E-state index is 11.1. The van der Waals surface area contributed by atoms with Crippen molar-refractivity contribution in [1.29, 1.82) is 0 Å². The number of ether oxygens (including phenoxy) is 2. The van der Waals surface area contributed by atoms with Crippen LogP contribution in [0.25, 0.3) is 0 Å². The van der Waals surface area contributed by atoms with Crippen LogP contribution in [-0.2, 0) is 4.74 Å². The van der Waals surface area contributed by atoms with Crippen molar-refractivity contribution in [2.45, 2.75) is 13.3 Å². The minimum atomic E-state index is -0.872.